The van der Waals surface area contributed by atoms with Gasteiger partial charge in [-0.1, -0.05) is 0 Å². The monoisotopic (exact) mass is 477 g/mol. The summed E-state index contributed by atoms with van der Waals surface area (Å²) in [6.45, 7) is 0. The summed E-state index contributed by atoms with van der Waals surface area (Å²) in [6, 6.07) is 0. The minimum atomic E-state index is 0. The van der Waals surface area contributed by atoms with Crippen molar-refractivity contribution in [3.8, 4) is 0 Å². The van der Waals surface area contributed by atoms with Crippen molar-refractivity contribution >= 4 is 39.6 Å². The molecule has 10 heavy (non-hydrogen) atoms. The first-order valence-electron chi connectivity index (χ1n) is 0. The van der Waals surface area contributed by atoms with Crippen molar-refractivity contribution in [2.45, 2.75) is 0 Å². The molecule has 0 aromatic heterocycles. The summed E-state index contributed by atoms with van der Waals surface area (Å²) in [5, 5.41) is 0. The van der Waals surface area contributed by atoms with Gasteiger partial charge >= 0.3 is 102 Å². The second-order valence-corrected chi connectivity index (χ2v) is 0. The Morgan fingerprint density at radius 3 is 0.300 bits per heavy atom. The molecule has 0 rings (SSSR count). The van der Waals surface area contributed by atoms with Gasteiger partial charge in [-0.05, 0) is 0 Å². The molecule has 0 aliphatic carbocycles. The van der Waals surface area contributed by atoms with Crippen LogP contribution < -0.4 is 0 Å². The molecule has 0 fully saturated rings. The molecule has 0 heterocycles. The molecule has 0 aromatic rings. The molecule has 0 aliphatic heterocycles. The van der Waals surface area contributed by atoms with Crippen LogP contribution in [-0.2, 0) is 102 Å². The van der Waals surface area contributed by atoms with E-state index >= 15 is 0 Å². The van der Waals surface area contributed by atoms with E-state index in [1.807, 2.05) is 0 Å². The molecule has 6 radical (unpaired) electrons. The Labute approximate surface area is 140 Å². The summed E-state index contributed by atoms with van der Waals surface area (Å²) in [7, 11) is 0. The fraction of sp³-hybridized carbons (Fsp3) is 0. The predicted octanol–water partition coefficient (Wildman–Crippen LogP) is 3.43. The third kappa shape index (κ3) is 76.9. The molecule has 0 nitrogen and oxygen atoms in total. The van der Waals surface area contributed by atoms with Crippen molar-refractivity contribution in [1.82, 2.24) is 0 Å². The van der Waals surface area contributed by atoms with E-state index in [1.165, 1.54) is 0 Å². The Bertz CT molecular complexity index is 15.7. The third-order valence-electron chi connectivity index (χ3n) is 0. The van der Waals surface area contributed by atoms with Crippen molar-refractivity contribution in [3.63, 3.8) is 0 Å². The normalized spacial score (nSPS) is 0. The van der Waals surface area contributed by atoms with Crippen LogP contribution in [0.1, 0.15) is 0 Å². The van der Waals surface area contributed by atoms with Gasteiger partial charge in [0, 0.05) is 0 Å². The number of hydrogen-bond donors (Lipinski definition) is 0. The molecule has 0 unspecified atom stereocenters. The van der Waals surface area contributed by atoms with Gasteiger partial charge in [-0.2, -0.15) is 0 Å². The molecular formula is Cu3Mn3P4. The number of rotatable bonds is 0. The van der Waals surface area contributed by atoms with E-state index in [0.717, 1.165) is 0 Å². The average Bonchev–Trinajstić information content (AvgIpc) is 0. The molecular weight excluding hydrogens is 479 g/mol. The standard InChI is InChI=1S/3Cu.3Mn.4P/q6*+2;4*-3. The Balaban J connectivity index is 0. The van der Waals surface area contributed by atoms with Gasteiger partial charge in [-0.25, -0.2) is 0 Å². The van der Waals surface area contributed by atoms with Gasteiger partial charge in [-0.3, -0.25) is 0 Å². The van der Waals surface area contributed by atoms with Gasteiger partial charge < -0.3 is 39.6 Å². The van der Waals surface area contributed by atoms with Crippen LogP contribution in [0.15, 0.2) is 0 Å². The first-order valence-corrected chi connectivity index (χ1v) is 0. The van der Waals surface area contributed by atoms with E-state index in [2.05, 4.69) is 0 Å². The van der Waals surface area contributed by atoms with Gasteiger partial charge in [0.2, 0.25) is 0 Å². The van der Waals surface area contributed by atoms with Gasteiger partial charge in [0.15, 0.2) is 0 Å². The Hall–Kier alpha value is 4.84. The molecule has 0 atom stereocenters. The summed E-state index contributed by atoms with van der Waals surface area (Å²) in [5.74, 6) is 0. The van der Waals surface area contributed by atoms with E-state index in [1.54, 1.807) is 0 Å². The van der Waals surface area contributed by atoms with Crippen LogP contribution >= 0.6 is 39.6 Å². The van der Waals surface area contributed by atoms with E-state index in [4.69, 9.17) is 0 Å². The van der Waals surface area contributed by atoms with Crippen LogP contribution in [0.5, 0.6) is 0 Å². The maximum absolute atomic E-state index is 0. The van der Waals surface area contributed by atoms with Crippen molar-refractivity contribution < 1.29 is 102 Å². The van der Waals surface area contributed by atoms with Crippen LogP contribution in [0.2, 0.25) is 0 Å². The summed E-state index contributed by atoms with van der Waals surface area (Å²) in [6.07, 6.45) is 0. The fourth-order valence-corrected chi connectivity index (χ4v) is 0. The summed E-state index contributed by atoms with van der Waals surface area (Å²) in [5.41, 5.74) is 0. The maximum Gasteiger partial charge on any atom is 2.00 e. The van der Waals surface area contributed by atoms with E-state index < -0.39 is 0 Å². The van der Waals surface area contributed by atoms with Gasteiger partial charge in [0.05, 0.1) is 0 Å². The average molecular weight is 479 g/mol. The molecule has 0 N–H and O–H groups in total. The quantitative estimate of drug-likeness (QED) is 0.369. The molecule has 74 valence electrons. The molecule has 0 bridgehead atoms. The Kier molecular flexibility index (Phi) is 1180. The molecule has 0 spiro atoms. The minimum absolute atomic E-state index is 0. The second-order valence-electron chi connectivity index (χ2n) is 0. The molecule has 0 aliphatic rings. The molecule has 10 heteroatoms. The van der Waals surface area contributed by atoms with Crippen LogP contribution in [0.25, 0.3) is 0 Å². The van der Waals surface area contributed by atoms with Gasteiger partial charge in [0.1, 0.15) is 0 Å². The smallest absolute Gasteiger partial charge is 2.00 e. The summed E-state index contributed by atoms with van der Waals surface area (Å²) < 4.78 is 0. The van der Waals surface area contributed by atoms with Crippen molar-refractivity contribution in [2.24, 2.45) is 0 Å². The summed E-state index contributed by atoms with van der Waals surface area (Å²) >= 11 is 0. The zero-order valence-electron chi connectivity index (χ0n) is 3.83. The molecule has 0 saturated carbocycles. The van der Waals surface area contributed by atoms with Gasteiger partial charge in [0.25, 0.3) is 0 Å². The van der Waals surface area contributed by atoms with E-state index in [9.17, 15) is 0 Å². The molecule has 0 aromatic carbocycles. The van der Waals surface area contributed by atoms with Crippen LogP contribution in [0.3, 0.4) is 0 Å². The SMILES string of the molecule is [Cu+2].[Cu+2].[Cu+2].[Mn+2].[Mn+2].[Mn+2].[P-3].[P-3].[P-3].[P-3]. The fourth-order valence-electron chi connectivity index (χ4n) is 0. The van der Waals surface area contributed by atoms with E-state index in [0.29, 0.717) is 0 Å². The first kappa shape index (κ1) is 121. The van der Waals surface area contributed by atoms with Crippen molar-refractivity contribution in [2.75, 3.05) is 0 Å². The molecule has 0 amide bonds. The zero-order chi connectivity index (χ0) is 0. The van der Waals surface area contributed by atoms with E-state index in [-0.39, 0.29) is 142 Å². The van der Waals surface area contributed by atoms with Crippen LogP contribution in [0.4, 0.5) is 0 Å². The number of hydrogen-bond acceptors (Lipinski definition) is 0. The second kappa shape index (κ2) is 97.5. The predicted molar refractivity (Wildman–Crippen MR) is 27.7 cm³/mol. The van der Waals surface area contributed by atoms with Crippen molar-refractivity contribution in [1.29, 1.82) is 0 Å². The minimum Gasteiger partial charge on any atom is -3.00 e. The van der Waals surface area contributed by atoms with Crippen LogP contribution in [0, 0.1) is 0 Å². The van der Waals surface area contributed by atoms with Gasteiger partial charge in [-0.15, -0.1) is 0 Å². The summed E-state index contributed by atoms with van der Waals surface area (Å²) in [4.78, 5) is 0. The Morgan fingerprint density at radius 2 is 0.300 bits per heavy atom. The largest absolute Gasteiger partial charge is 3.00 e. The van der Waals surface area contributed by atoms with Crippen LogP contribution in [-0.4, -0.2) is 0 Å². The first-order chi connectivity index (χ1) is 0. The topological polar surface area (TPSA) is 0 Å². The zero-order valence-corrected chi connectivity index (χ0v) is 13.8. The Morgan fingerprint density at radius 1 is 0.300 bits per heavy atom. The third-order valence-corrected chi connectivity index (χ3v) is 0. The maximum atomic E-state index is 0. The molecule has 0 saturated heterocycles. The van der Waals surface area contributed by atoms with Crippen molar-refractivity contribution in [3.05, 3.63) is 0 Å².